The predicted molar refractivity (Wildman–Crippen MR) is 109 cm³/mol. The molecule has 0 spiro atoms. The lowest BCUT2D eigenvalue weighted by Gasteiger charge is -2.27. The summed E-state index contributed by atoms with van der Waals surface area (Å²) in [5.41, 5.74) is 3.73. The van der Waals surface area contributed by atoms with Crippen molar-refractivity contribution in [3.05, 3.63) is 64.7 Å². The van der Waals surface area contributed by atoms with Gasteiger partial charge in [-0.05, 0) is 49.6 Å². The monoisotopic (exact) mass is 376 g/mol. The van der Waals surface area contributed by atoms with E-state index in [0.29, 0.717) is 29.9 Å². The Morgan fingerprint density at radius 3 is 2.68 bits per heavy atom. The summed E-state index contributed by atoms with van der Waals surface area (Å²) < 4.78 is 17.1. The molecule has 0 bridgehead atoms. The molecule has 4 nitrogen and oxygen atoms in total. The number of rotatable bonds is 6. The fourth-order valence-corrected chi connectivity index (χ4v) is 3.15. The minimum atomic E-state index is -0.338. The molecule has 2 aromatic rings. The van der Waals surface area contributed by atoms with Crippen molar-refractivity contribution in [1.82, 2.24) is 0 Å². The number of hydrogen-bond donors (Lipinski definition) is 0. The molecule has 0 amide bonds. The first-order chi connectivity index (χ1) is 13.5. The molecule has 0 aromatic heterocycles. The molecule has 2 aromatic carbocycles. The Labute approximate surface area is 166 Å². The molecule has 28 heavy (non-hydrogen) atoms. The third-order valence-corrected chi connectivity index (χ3v) is 4.63. The van der Waals surface area contributed by atoms with Crippen LogP contribution in [0, 0.1) is 12.3 Å². The van der Waals surface area contributed by atoms with Crippen LogP contribution >= 0.6 is 0 Å². The average Bonchev–Trinajstić information content (AvgIpc) is 2.70. The number of fused-ring (bicyclic) bond motifs is 1. The number of ether oxygens (including phenoxy) is 3. The van der Waals surface area contributed by atoms with Gasteiger partial charge in [0.05, 0.1) is 19.1 Å². The number of Topliss-reactive ketones (excluding diaryl/α,β-unsaturated/α-hetero) is 1. The van der Waals surface area contributed by atoms with Crippen molar-refractivity contribution >= 4 is 5.78 Å². The molecule has 1 atom stereocenters. The highest BCUT2D eigenvalue weighted by Gasteiger charge is 2.29. The molecule has 144 valence electrons. The van der Waals surface area contributed by atoms with Crippen LogP contribution in [0.5, 0.6) is 17.2 Å². The van der Waals surface area contributed by atoms with Crippen molar-refractivity contribution in [2.24, 2.45) is 0 Å². The van der Waals surface area contributed by atoms with Crippen LogP contribution < -0.4 is 14.2 Å². The van der Waals surface area contributed by atoms with Crippen LogP contribution in [0.2, 0.25) is 0 Å². The SMILES string of the molecule is C#CCOc1ccc([C@@H]2CC(=O)c3cc(CC=C(C)C)c(OC)cc3O2)cc1. The molecule has 0 saturated heterocycles. The largest absolute Gasteiger partial charge is 0.496 e. The number of hydrogen-bond acceptors (Lipinski definition) is 4. The smallest absolute Gasteiger partial charge is 0.170 e. The van der Waals surface area contributed by atoms with E-state index in [-0.39, 0.29) is 18.5 Å². The minimum Gasteiger partial charge on any atom is -0.496 e. The van der Waals surface area contributed by atoms with Gasteiger partial charge in [-0.2, -0.15) is 0 Å². The molecule has 0 N–H and O–H groups in total. The van der Waals surface area contributed by atoms with Crippen molar-refractivity contribution in [2.75, 3.05) is 13.7 Å². The Hall–Kier alpha value is -3.19. The first-order valence-electron chi connectivity index (χ1n) is 9.22. The Morgan fingerprint density at radius 2 is 2.04 bits per heavy atom. The van der Waals surface area contributed by atoms with E-state index in [4.69, 9.17) is 20.6 Å². The summed E-state index contributed by atoms with van der Waals surface area (Å²) in [6.07, 6.45) is 8.00. The molecular formula is C24H24O4. The number of carbonyl (C=O) groups is 1. The first-order valence-corrected chi connectivity index (χ1v) is 9.22. The van der Waals surface area contributed by atoms with Gasteiger partial charge >= 0.3 is 0 Å². The zero-order valence-electron chi connectivity index (χ0n) is 16.5. The molecule has 3 rings (SSSR count). The normalized spacial score (nSPS) is 15.1. The van der Waals surface area contributed by atoms with E-state index in [1.54, 1.807) is 7.11 Å². The van der Waals surface area contributed by atoms with E-state index in [2.05, 4.69) is 12.0 Å². The Bertz CT molecular complexity index is 928. The molecule has 0 unspecified atom stereocenters. The van der Waals surface area contributed by atoms with Crippen molar-refractivity contribution in [1.29, 1.82) is 0 Å². The van der Waals surface area contributed by atoms with Gasteiger partial charge in [-0.25, -0.2) is 0 Å². The van der Waals surface area contributed by atoms with E-state index < -0.39 is 0 Å². The highest BCUT2D eigenvalue weighted by molar-refractivity contribution is 6.00. The van der Waals surface area contributed by atoms with E-state index in [1.165, 1.54) is 5.57 Å². The van der Waals surface area contributed by atoms with Gasteiger partial charge in [0.1, 0.15) is 30.0 Å². The summed E-state index contributed by atoms with van der Waals surface area (Å²) in [7, 11) is 1.63. The number of benzene rings is 2. The summed E-state index contributed by atoms with van der Waals surface area (Å²) in [6, 6.07) is 11.2. The van der Waals surface area contributed by atoms with Crippen LogP contribution in [-0.2, 0) is 6.42 Å². The molecule has 4 heteroatoms. The highest BCUT2D eigenvalue weighted by Crippen LogP contribution is 2.39. The fourth-order valence-electron chi connectivity index (χ4n) is 3.15. The molecule has 0 saturated carbocycles. The Morgan fingerprint density at radius 1 is 1.29 bits per heavy atom. The number of ketones is 1. The zero-order valence-corrected chi connectivity index (χ0v) is 16.5. The van der Waals surface area contributed by atoms with Crippen LogP contribution in [0.3, 0.4) is 0 Å². The summed E-state index contributed by atoms with van der Waals surface area (Å²) >= 11 is 0. The van der Waals surface area contributed by atoms with Crippen molar-refractivity contribution in [2.45, 2.75) is 32.8 Å². The maximum atomic E-state index is 12.8. The van der Waals surface area contributed by atoms with Gasteiger partial charge in [0, 0.05) is 6.07 Å². The Balaban J connectivity index is 1.85. The quantitative estimate of drug-likeness (QED) is 0.530. The van der Waals surface area contributed by atoms with Crippen LogP contribution in [0.15, 0.2) is 48.0 Å². The van der Waals surface area contributed by atoms with Gasteiger partial charge in [0.25, 0.3) is 0 Å². The fraction of sp³-hybridized carbons (Fsp3) is 0.292. The number of terminal acetylenes is 1. The lowest BCUT2D eigenvalue weighted by molar-refractivity contribution is 0.0849. The third-order valence-electron chi connectivity index (χ3n) is 4.63. The highest BCUT2D eigenvalue weighted by atomic mass is 16.5. The molecule has 1 heterocycles. The average molecular weight is 376 g/mol. The van der Waals surface area contributed by atoms with Crippen molar-refractivity contribution in [3.8, 4) is 29.6 Å². The zero-order chi connectivity index (χ0) is 20.1. The van der Waals surface area contributed by atoms with Gasteiger partial charge in [0.15, 0.2) is 5.78 Å². The van der Waals surface area contributed by atoms with Gasteiger partial charge in [-0.15, -0.1) is 6.42 Å². The lowest BCUT2D eigenvalue weighted by atomic mass is 9.94. The van der Waals surface area contributed by atoms with Crippen LogP contribution in [0.4, 0.5) is 0 Å². The topological polar surface area (TPSA) is 44.8 Å². The molecule has 0 fully saturated rings. The summed E-state index contributed by atoms with van der Waals surface area (Å²) in [4.78, 5) is 12.8. The van der Waals surface area contributed by atoms with Crippen LogP contribution in [-0.4, -0.2) is 19.5 Å². The summed E-state index contributed by atoms with van der Waals surface area (Å²) in [6.45, 7) is 4.32. The second-order valence-electron chi connectivity index (χ2n) is 6.94. The second-order valence-corrected chi connectivity index (χ2v) is 6.94. The van der Waals surface area contributed by atoms with E-state index in [9.17, 15) is 4.79 Å². The summed E-state index contributed by atoms with van der Waals surface area (Å²) in [5.74, 6) is 4.48. The van der Waals surface area contributed by atoms with Crippen LogP contribution in [0.25, 0.3) is 0 Å². The van der Waals surface area contributed by atoms with Crippen molar-refractivity contribution in [3.63, 3.8) is 0 Å². The lowest BCUT2D eigenvalue weighted by Crippen LogP contribution is -2.20. The van der Waals surface area contributed by atoms with E-state index in [1.807, 2.05) is 50.2 Å². The summed E-state index contributed by atoms with van der Waals surface area (Å²) in [5, 5.41) is 0. The maximum Gasteiger partial charge on any atom is 0.170 e. The number of allylic oxidation sites excluding steroid dienone is 2. The van der Waals surface area contributed by atoms with Gasteiger partial charge < -0.3 is 14.2 Å². The van der Waals surface area contributed by atoms with Gasteiger partial charge in [0.2, 0.25) is 0 Å². The van der Waals surface area contributed by atoms with Crippen LogP contribution in [0.1, 0.15) is 47.9 Å². The third kappa shape index (κ3) is 4.37. The second kappa shape index (κ2) is 8.67. The standard InChI is InChI=1S/C24H24O4/c1-5-12-27-19-10-8-17(9-11-19)23-14-21(25)20-13-18(7-6-16(2)3)22(26-4)15-24(20)28-23/h1,6,8-11,13,15,23H,7,12,14H2,2-4H3/t23-/m0/s1. The maximum absolute atomic E-state index is 12.8. The number of carbonyl (C=O) groups excluding carboxylic acids is 1. The first kappa shape index (κ1) is 19.6. The van der Waals surface area contributed by atoms with Gasteiger partial charge in [-0.1, -0.05) is 29.7 Å². The molecule has 0 radical (unpaired) electrons. The molecule has 0 aliphatic carbocycles. The molecule has 1 aliphatic rings. The number of methoxy groups -OCH3 is 1. The van der Waals surface area contributed by atoms with Crippen molar-refractivity contribution < 1.29 is 19.0 Å². The van der Waals surface area contributed by atoms with E-state index >= 15 is 0 Å². The Kier molecular flexibility index (Phi) is 6.06. The molecular weight excluding hydrogens is 352 g/mol. The van der Waals surface area contributed by atoms with Gasteiger partial charge in [-0.3, -0.25) is 4.79 Å². The molecule has 1 aliphatic heterocycles. The predicted octanol–water partition coefficient (Wildman–Crippen LogP) is 4.92. The minimum absolute atomic E-state index is 0.0695. The van der Waals surface area contributed by atoms with E-state index in [0.717, 1.165) is 16.9 Å².